The molecule has 1 aromatic carbocycles. The van der Waals surface area contributed by atoms with Gasteiger partial charge in [0.2, 0.25) is 5.89 Å². The number of halogens is 1. The standard InChI is InChI=1S/C19H23ClN4O2/c20-13-5-8-16-12(11-13)4-9-17(25-16)21-19-23-22-18(26-19)15-3-1-2-10-24(15)14-6-7-14/h5,8,11,14-15,17H,1-4,6-7,9-10H2,(H,21,23). The van der Waals surface area contributed by atoms with Crippen LogP contribution in [0.1, 0.15) is 56.0 Å². The van der Waals surface area contributed by atoms with E-state index in [0.29, 0.717) is 12.1 Å². The topological polar surface area (TPSA) is 63.4 Å². The van der Waals surface area contributed by atoms with Gasteiger partial charge in [-0.3, -0.25) is 4.90 Å². The van der Waals surface area contributed by atoms with E-state index in [9.17, 15) is 0 Å². The number of aryl methyl sites for hydroxylation is 1. The van der Waals surface area contributed by atoms with Gasteiger partial charge in [-0.1, -0.05) is 23.1 Å². The Hall–Kier alpha value is -1.79. The SMILES string of the molecule is Clc1ccc2c(c1)CCC(Nc1nnc(C3CCCCN3C3CC3)o1)O2. The van der Waals surface area contributed by atoms with Crippen LogP contribution in [-0.2, 0) is 6.42 Å². The van der Waals surface area contributed by atoms with Gasteiger partial charge < -0.3 is 14.5 Å². The van der Waals surface area contributed by atoms with Crippen molar-refractivity contribution in [2.75, 3.05) is 11.9 Å². The second kappa shape index (κ2) is 6.74. The fourth-order valence-corrected chi connectivity index (χ4v) is 4.28. The average molecular weight is 375 g/mol. The van der Waals surface area contributed by atoms with Crippen molar-refractivity contribution in [3.63, 3.8) is 0 Å². The van der Waals surface area contributed by atoms with Crippen molar-refractivity contribution >= 4 is 17.6 Å². The minimum Gasteiger partial charge on any atom is -0.470 e. The molecule has 5 rings (SSSR count). The van der Waals surface area contributed by atoms with Gasteiger partial charge in [-0.2, -0.15) is 0 Å². The molecule has 6 nitrogen and oxygen atoms in total. The van der Waals surface area contributed by atoms with E-state index in [1.807, 2.05) is 18.2 Å². The Morgan fingerprint density at radius 2 is 2.04 bits per heavy atom. The van der Waals surface area contributed by atoms with E-state index in [-0.39, 0.29) is 12.3 Å². The molecular weight excluding hydrogens is 352 g/mol. The van der Waals surface area contributed by atoms with Crippen molar-refractivity contribution in [1.82, 2.24) is 15.1 Å². The normalized spacial score (nSPS) is 26.2. The van der Waals surface area contributed by atoms with E-state index in [1.165, 1.54) is 25.7 Å². The molecule has 7 heteroatoms. The zero-order valence-electron chi connectivity index (χ0n) is 14.7. The van der Waals surface area contributed by atoms with Gasteiger partial charge in [0.25, 0.3) is 0 Å². The van der Waals surface area contributed by atoms with Gasteiger partial charge in [0, 0.05) is 17.5 Å². The van der Waals surface area contributed by atoms with Crippen LogP contribution in [0.25, 0.3) is 0 Å². The number of anilines is 1. The zero-order chi connectivity index (χ0) is 17.5. The Balaban J connectivity index is 1.26. The van der Waals surface area contributed by atoms with Gasteiger partial charge in [-0.05, 0) is 62.4 Å². The summed E-state index contributed by atoms with van der Waals surface area (Å²) in [7, 11) is 0. The minimum absolute atomic E-state index is 0.164. The third-order valence-electron chi connectivity index (χ3n) is 5.54. The summed E-state index contributed by atoms with van der Waals surface area (Å²) in [6, 6.07) is 7.17. The Morgan fingerprint density at radius 3 is 2.92 bits per heavy atom. The quantitative estimate of drug-likeness (QED) is 0.866. The molecule has 2 fully saturated rings. The van der Waals surface area contributed by atoms with E-state index in [2.05, 4.69) is 20.4 Å². The van der Waals surface area contributed by atoms with Crippen molar-refractivity contribution in [3.8, 4) is 5.75 Å². The summed E-state index contributed by atoms with van der Waals surface area (Å²) in [4.78, 5) is 2.55. The summed E-state index contributed by atoms with van der Waals surface area (Å²) in [5, 5.41) is 12.5. The Morgan fingerprint density at radius 1 is 1.12 bits per heavy atom. The van der Waals surface area contributed by atoms with E-state index < -0.39 is 0 Å². The fraction of sp³-hybridized carbons (Fsp3) is 0.579. The lowest BCUT2D eigenvalue weighted by Gasteiger charge is -2.33. The van der Waals surface area contributed by atoms with Gasteiger partial charge in [-0.25, -0.2) is 0 Å². The molecule has 1 N–H and O–H groups in total. The molecule has 0 bridgehead atoms. The summed E-state index contributed by atoms with van der Waals surface area (Å²) < 4.78 is 12.0. The van der Waals surface area contributed by atoms with Gasteiger partial charge in [0.15, 0.2) is 6.23 Å². The Labute approximate surface area is 157 Å². The molecule has 1 aliphatic carbocycles. The molecule has 138 valence electrons. The van der Waals surface area contributed by atoms with E-state index in [4.69, 9.17) is 20.8 Å². The predicted molar refractivity (Wildman–Crippen MR) is 98.4 cm³/mol. The molecular formula is C19H23ClN4O2. The maximum Gasteiger partial charge on any atom is 0.318 e. The molecule has 1 saturated heterocycles. The van der Waals surface area contributed by atoms with Crippen LogP contribution in [0.5, 0.6) is 5.75 Å². The van der Waals surface area contributed by atoms with Gasteiger partial charge in [0.05, 0.1) is 6.04 Å². The molecule has 2 unspecified atom stereocenters. The second-order valence-electron chi connectivity index (χ2n) is 7.47. The number of benzene rings is 1. The summed E-state index contributed by atoms with van der Waals surface area (Å²) in [5.41, 5.74) is 1.14. The van der Waals surface area contributed by atoms with Crippen LogP contribution < -0.4 is 10.1 Å². The van der Waals surface area contributed by atoms with Crippen molar-refractivity contribution in [2.45, 2.75) is 63.3 Å². The van der Waals surface area contributed by atoms with E-state index in [1.54, 1.807) is 0 Å². The number of ether oxygens (including phenoxy) is 1. The summed E-state index contributed by atoms with van der Waals surface area (Å²) in [6.07, 6.45) is 7.78. The number of hydrogen-bond acceptors (Lipinski definition) is 6. The van der Waals surface area contributed by atoms with Crippen LogP contribution in [0.2, 0.25) is 5.02 Å². The number of piperidine rings is 1. The smallest absolute Gasteiger partial charge is 0.318 e. The van der Waals surface area contributed by atoms with Crippen LogP contribution in [-0.4, -0.2) is 33.9 Å². The molecule has 0 amide bonds. The van der Waals surface area contributed by atoms with Crippen LogP contribution in [0.3, 0.4) is 0 Å². The molecule has 3 heterocycles. The highest BCUT2D eigenvalue weighted by Gasteiger charge is 2.38. The molecule has 0 spiro atoms. The molecule has 2 aliphatic heterocycles. The van der Waals surface area contributed by atoms with Crippen molar-refractivity contribution < 1.29 is 9.15 Å². The van der Waals surface area contributed by atoms with Crippen LogP contribution >= 0.6 is 11.6 Å². The number of aromatic nitrogens is 2. The first-order valence-electron chi connectivity index (χ1n) is 9.57. The van der Waals surface area contributed by atoms with Crippen molar-refractivity contribution in [3.05, 3.63) is 34.7 Å². The van der Waals surface area contributed by atoms with Gasteiger partial charge in [0.1, 0.15) is 5.75 Å². The third-order valence-corrected chi connectivity index (χ3v) is 5.77. The van der Waals surface area contributed by atoms with Crippen LogP contribution in [0.4, 0.5) is 6.01 Å². The largest absolute Gasteiger partial charge is 0.470 e. The number of likely N-dealkylation sites (tertiary alicyclic amines) is 1. The first-order valence-corrected chi connectivity index (χ1v) is 9.95. The molecule has 26 heavy (non-hydrogen) atoms. The first kappa shape index (κ1) is 16.4. The second-order valence-corrected chi connectivity index (χ2v) is 7.90. The van der Waals surface area contributed by atoms with Gasteiger partial charge >= 0.3 is 6.01 Å². The van der Waals surface area contributed by atoms with Crippen molar-refractivity contribution in [2.24, 2.45) is 0 Å². The first-order chi connectivity index (χ1) is 12.8. The molecule has 3 aliphatic rings. The number of fused-ring (bicyclic) bond motifs is 1. The highest BCUT2D eigenvalue weighted by atomic mass is 35.5. The number of nitrogens with one attached hydrogen (secondary N) is 1. The molecule has 1 saturated carbocycles. The highest BCUT2D eigenvalue weighted by Crippen LogP contribution is 2.39. The third kappa shape index (κ3) is 3.28. The number of hydrogen-bond donors (Lipinski definition) is 1. The summed E-state index contributed by atoms with van der Waals surface area (Å²) >= 11 is 6.05. The van der Waals surface area contributed by atoms with Crippen molar-refractivity contribution in [1.29, 1.82) is 0 Å². The van der Waals surface area contributed by atoms with Crippen LogP contribution in [0, 0.1) is 0 Å². The zero-order valence-corrected chi connectivity index (χ0v) is 15.4. The monoisotopic (exact) mass is 374 g/mol. The molecule has 2 aromatic rings. The molecule has 0 radical (unpaired) electrons. The lowest BCUT2D eigenvalue weighted by molar-refractivity contribution is 0.117. The summed E-state index contributed by atoms with van der Waals surface area (Å²) in [6.45, 7) is 1.14. The molecule has 2 atom stereocenters. The Bertz CT molecular complexity index is 792. The number of rotatable bonds is 4. The predicted octanol–water partition coefficient (Wildman–Crippen LogP) is 4.18. The van der Waals surface area contributed by atoms with E-state index in [0.717, 1.165) is 48.0 Å². The lowest BCUT2D eigenvalue weighted by atomic mass is 10.0. The lowest BCUT2D eigenvalue weighted by Crippen LogP contribution is -2.35. The minimum atomic E-state index is -0.164. The Kier molecular flexibility index (Phi) is 4.25. The highest BCUT2D eigenvalue weighted by molar-refractivity contribution is 6.30. The number of nitrogens with zero attached hydrogens (tertiary/aromatic N) is 3. The maximum atomic E-state index is 6.05. The van der Waals surface area contributed by atoms with E-state index >= 15 is 0 Å². The molecule has 1 aromatic heterocycles. The maximum absolute atomic E-state index is 6.05. The van der Waals surface area contributed by atoms with Gasteiger partial charge in [-0.15, -0.1) is 5.10 Å². The fourth-order valence-electron chi connectivity index (χ4n) is 4.09. The summed E-state index contributed by atoms with van der Waals surface area (Å²) in [5.74, 6) is 1.60. The average Bonchev–Trinajstić information content (AvgIpc) is 3.41. The van der Waals surface area contributed by atoms with Crippen LogP contribution in [0.15, 0.2) is 22.6 Å².